The summed E-state index contributed by atoms with van der Waals surface area (Å²) in [6.07, 6.45) is -0.660. The van der Waals surface area contributed by atoms with Crippen molar-refractivity contribution in [3.63, 3.8) is 0 Å². The van der Waals surface area contributed by atoms with Crippen molar-refractivity contribution in [1.82, 2.24) is 5.32 Å². The maximum atomic E-state index is 12.1. The molecular formula is C16H23N3O4. The lowest BCUT2D eigenvalue weighted by molar-refractivity contribution is -0.117. The van der Waals surface area contributed by atoms with Crippen molar-refractivity contribution in [3.05, 3.63) is 24.3 Å². The van der Waals surface area contributed by atoms with Gasteiger partial charge in [0.15, 0.2) is 0 Å². The van der Waals surface area contributed by atoms with Crippen LogP contribution in [0.3, 0.4) is 0 Å². The Kier molecular flexibility index (Phi) is 6.12. The molecule has 0 heterocycles. The topological polar surface area (TPSA) is 96.5 Å². The summed E-state index contributed by atoms with van der Waals surface area (Å²) in [5.74, 6) is -0.593. The molecular weight excluding hydrogens is 298 g/mol. The molecule has 3 N–H and O–H groups in total. The van der Waals surface area contributed by atoms with E-state index < -0.39 is 23.6 Å². The fraction of sp³-hybridized carbons (Fsp3) is 0.438. The molecule has 0 saturated carbocycles. The number of carbonyl (C=O) groups is 3. The number of rotatable bonds is 4. The number of hydrogen-bond donors (Lipinski definition) is 3. The van der Waals surface area contributed by atoms with Crippen molar-refractivity contribution >= 4 is 29.3 Å². The summed E-state index contributed by atoms with van der Waals surface area (Å²) in [5.41, 5.74) is 0.453. The Morgan fingerprint density at radius 3 is 2.17 bits per heavy atom. The number of anilines is 2. The van der Waals surface area contributed by atoms with Crippen molar-refractivity contribution in [2.45, 2.75) is 46.3 Å². The van der Waals surface area contributed by atoms with Crippen LogP contribution in [0.1, 0.15) is 34.6 Å². The Hall–Kier alpha value is -2.57. The summed E-state index contributed by atoms with van der Waals surface area (Å²) in [4.78, 5) is 34.7. The minimum atomic E-state index is -0.769. The number of ether oxygens (including phenoxy) is 1. The highest BCUT2D eigenvalue weighted by molar-refractivity contribution is 5.97. The predicted octanol–water partition coefficient (Wildman–Crippen LogP) is 2.50. The molecule has 1 aromatic rings. The lowest BCUT2D eigenvalue weighted by Crippen LogP contribution is -2.43. The highest BCUT2D eigenvalue weighted by Crippen LogP contribution is 2.15. The molecule has 0 fully saturated rings. The zero-order chi connectivity index (χ0) is 17.6. The largest absolute Gasteiger partial charge is 0.444 e. The Labute approximate surface area is 135 Å². The van der Waals surface area contributed by atoms with E-state index in [-0.39, 0.29) is 5.91 Å². The van der Waals surface area contributed by atoms with Crippen LogP contribution in [0.5, 0.6) is 0 Å². The summed E-state index contributed by atoms with van der Waals surface area (Å²) in [6.45, 7) is 8.18. The minimum absolute atomic E-state index is 0.201. The van der Waals surface area contributed by atoms with Gasteiger partial charge in [0.25, 0.3) is 0 Å². The lowest BCUT2D eigenvalue weighted by Gasteiger charge is -2.21. The number of benzene rings is 1. The molecule has 3 amide bonds. The monoisotopic (exact) mass is 321 g/mol. The van der Waals surface area contributed by atoms with E-state index in [9.17, 15) is 14.4 Å². The first-order chi connectivity index (χ1) is 10.6. The van der Waals surface area contributed by atoms with Crippen LogP contribution in [-0.4, -0.2) is 29.6 Å². The highest BCUT2D eigenvalue weighted by Gasteiger charge is 2.21. The fourth-order valence-electron chi connectivity index (χ4n) is 1.68. The Morgan fingerprint density at radius 1 is 1.09 bits per heavy atom. The van der Waals surface area contributed by atoms with Gasteiger partial charge in [0.05, 0.1) is 0 Å². The van der Waals surface area contributed by atoms with Crippen molar-refractivity contribution in [2.24, 2.45) is 0 Å². The third-order valence-corrected chi connectivity index (χ3v) is 2.58. The molecule has 1 unspecified atom stereocenters. The minimum Gasteiger partial charge on any atom is -0.444 e. The molecule has 0 saturated heterocycles. The number of nitrogens with one attached hydrogen (secondary N) is 3. The van der Waals surface area contributed by atoms with Gasteiger partial charge in [-0.15, -0.1) is 0 Å². The number of amides is 3. The Bertz CT molecular complexity index is 593. The van der Waals surface area contributed by atoms with Crippen LogP contribution in [-0.2, 0) is 14.3 Å². The van der Waals surface area contributed by atoms with Gasteiger partial charge >= 0.3 is 6.09 Å². The number of hydrogen-bond acceptors (Lipinski definition) is 4. The van der Waals surface area contributed by atoms with Crippen molar-refractivity contribution < 1.29 is 19.1 Å². The standard InChI is InChI=1S/C16H23N3O4/c1-10(17-15(22)23-16(3,4)5)14(21)19-13-8-6-7-12(9-13)18-11(2)20/h6-10H,1-5H3,(H,17,22)(H,18,20)(H,19,21). The quantitative estimate of drug-likeness (QED) is 0.794. The van der Waals surface area contributed by atoms with E-state index in [1.54, 1.807) is 52.0 Å². The maximum Gasteiger partial charge on any atom is 0.408 e. The second kappa shape index (κ2) is 7.62. The molecule has 1 aromatic carbocycles. The second-order valence-corrected chi connectivity index (χ2v) is 6.12. The fourth-order valence-corrected chi connectivity index (χ4v) is 1.68. The SMILES string of the molecule is CC(=O)Nc1cccc(NC(=O)C(C)NC(=O)OC(C)(C)C)c1. The molecule has 23 heavy (non-hydrogen) atoms. The molecule has 126 valence electrons. The maximum absolute atomic E-state index is 12.1. The molecule has 0 aliphatic heterocycles. The first-order valence-corrected chi connectivity index (χ1v) is 7.25. The smallest absolute Gasteiger partial charge is 0.408 e. The first kappa shape index (κ1) is 18.5. The average Bonchev–Trinajstić information content (AvgIpc) is 2.35. The molecule has 0 aliphatic carbocycles. The molecule has 1 atom stereocenters. The summed E-state index contributed by atoms with van der Waals surface area (Å²) in [6, 6.07) is 5.95. The van der Waals surface area contributed by atoms with E-state index in [1.165, 1.54) is 6.92 Å². The highest BCUT2D eigenvalue weighted by atomic mass is 16.6. The molecule has 7 heteroatoms. The molecule has 0 spiro atoms. The van der Waals surface area contributed by atoms with Gasteiger partial charge in [-0.25, -0.2) is 4.79 Å². The first-order valence-electron chi connectivity index (χ1n) is 7.25. The van der Waals surface area contributed by atoms with Crippen LogP contribution >= 0.6 is 0 Å². The van der Waals surface area contributed by atoms with Crippen LogP contribution in [0.25, 0.3) is 0 Å². The van der Waals surface area contributed by atoms with Crippen molar-refractivity contribution in [2.75, 3.05) is 10.6 Å². The van der Waals surface area contributed by atoms with Gasteiger partial charge in [0.1, 0.15) is 11.6 Å². The van der Waals surface area contributed by atoms with Gasteiger partial charge < -0.3 is 20.7 Å². The second-order valence-electron chi connectivity index (χ2n) is 6.12. The van der Waals surface area contributed by atoms with E-state index in [0.717, 1.165) is 0 Å². The van der Waals surface area contributed by atoms with E-state index in [4.69, 9.17) is 4.74 Å². The molecule has 7 nitrogen and oxygen atoms in total. The van der Waals surface area contributed by atoms with Crippen molar-refractivity contribution in [3.8, 4) is 0 Å². The van der Waals surface area contributed by atoms with Crippen LogP contribution in [0.4, 0.5) is 16.2 Å². The number of alkyl carbamates (subject to hydrolysis) is 1. The summed E-state index contributed by atoms with van der Waals surface area (Å²) in [5, 5.41) is 7.75. The lowest BCUT2D eigenvalue weighted by atomic mass is 10.2. The molecule has 1 rings (SSSR count). The third kappa shape index (κ3) is 7.30. The van der Waals surface area contributed by atoms with Gasteiger partial charge in [-0.05, 0) is 45.9 Å². The Morgan fingerprint density at radius 2 is 1.65 bits per heavy atom. The zero-order valence-electron chi connectivity index (χ0n) is 14.0. The van der Waals surface area contributed by atoms with Gasteiger partial charge in [-0.2, -0.15) is 0 Å². The third-order valence-electron chi connectivity index (χ3n) is 2.58. The van der Waals surface area contributed by atoms with Crippen LogP contribution in [0.2, 0.25) is 0 Å². The molecule has 0 radical (unpaired) electrons. The van der Waals surface area contributed by atoms with E-state index in [1.807, 2.05) is 0 Å². The van der Waals surface area contributed by atoms with E-state index >= 15 is 0 Å². The summed E-state index contributed by atoms with van der Waals surface area (Å²) >= 11 is 0. The van der Waals surface area contributed by atoms with Gasteiger partial charge in [0, 0.05) is 18.3 Å². The average molecular weight is 321 g/mol. The number of carbonyl (C=O) groups excluding carboxylic acids is 3. The van der Waals surface area contributed by atoms with Gasteiger partial charge in [0.2, 0.25) is 11.8 Å². The van der Waals surface area contributed by atoms with E-state index in [0.29, 0.717) is 11.4 Å². The summed E-state index contributed by atoms with van der Waals surface area (Å²) in [7, 11) is 0. The molecule has 0 aromatic heterocycles. The van der Waals surface area contributed by atoms with Gasteiger partial charge in [-0.3, -0.25) is 9.59 Å². The van der Waals surface area contributed by atoms with Crippen LogP contribution in [0.15, 0.2) is 24.3 Å². The predicted molar refractivity (Wildman–Crippen MR) is 88.2 cm³/mol. The van der Waals surface area contributed by atoms with E-state index in [2.05, 4.69) is 16.0 Å². The van der Waals surface area contributed by atoms with Gasteiger partial charge in [-0.1, -0.05) is 6.07 Å². The molecule has 0 aliphatic rings. The molecule has 0 bridgehead atoms. The zero-order valence-corrected chi connectivity index (χ0v) is 14.0. The van der Waals surface area contributed by atoms with Crippen LogP contribution in [0, 0.1) is 0 Å². The summed E-state index contributed by atoms with van der Waals surface area (Å²) < 4.78 is 5.09. The Balaban J connectivity index is 2.61. The van der Waals surface area contributed by atoms with Crippen molar-refractivity contribution in [1.29, 1.82) is 0 Å². The normalized spacial score (nSPS) is 12.0. The van der Waals surface area contributed by atoms with Crippen LogP contribution < -0.4 is 16.0 Å².